The van der Waals surface area contributed by atoms with Gasteiger partial charge in [0.2, 0.25) is 0 Å². The quantitative estimate of drug-likeness (QED) is 0.877. The van der Waals surface area contributed by atoms with Crippen LogP contribution in [0.25, 0.3) is 0 Å². The van der Waals surface area contributed by atoms with E-state index in [2.05, 4.69) is 10.6 Å². The lowest BCUT2D eigenvalue weighted by Crippen LogP contribution is -2.28. The van der Waals surface area contributed by atoms with Gasteiger partial charge < -0.3 is 10.6 Å². The molecule has 0 saturated carbocycles. The number of hydrogen-bond donors (Lipinski definition) is 2. The van der Waals surface area contributed by atoms with Gasteiger partial charge in [0.15, 0.2) is 0 Å². The Morgan fingerprint density at radius 1 is 1.10 bits per heavy atom. The summed E-state index contributed by atoms with van der Waals surface area (Å²) in [4.78, 5) is 11.8. The van der Waals surface area contributed by atoms with E-state index >= 15 is 0 Å². The van der Waals surface area contributed by atoms with Crippen molar-refractivity contribution in [2.24, 2.45) is 0 Å². The number of halogens is 1. The molecule has 0 heterocycles. The molecule has 2 rings (SSSR count). The zero-order valence-corrected chi connectivity index (χ0v) is 11.5. The fourth-order valence-corrected chi connectivity index (χ4v) is 2.05. The van der Waals surface area contributed by atoms with Gasteiger partial charge >= 0.3 is 6.03 Å². The van der Waals surface area contributed by atoms with Crippen LogP contribution in [0.15, 0.2) is 42.5 Å². The largest absolute Gasteiger partial charge is 0.334 e. The minimum Gasteiger partial charge on any atom is -0.334 e. The standard InChI is InChI=1S/C16H17FN2O/c1-11-6-12(2)8-15(7-11)19-16(20)18-10-13-4-3-5-14(17)9-13/h3-9H,10H2,1-2H3,(H2,18,19,20). The number of amides is 2. The number of carbonyl (C=O) groups is 1. The van der Waals surface area contributed by atoms with Crippen molar-refractivity contribution >= 4 is 11.7 Å². The van der Waals surface area contributed by atoms with Gasteiger partial charge in [-0.15, -0.1) is 0 Å². The van der Waals surface area contributed by atoms with Gasteiger partial charge in [0.1, 0.15) is 5.82 Å². The van der Waals surface area contributed by atoms with Crippen molar-refractivity contribution in [3.05, 3.63) is 65.0 Å². The van der Waals surface area contributed by atoms with Crippen molar-refractivity contribution in [3.63, 3.8) is 0 Å². The molecule has 20 heavy (non-hydrogen) atoms. The highest BCUT2D eigenvalue weighted by Gasteiger charge is 2.03. The third-order valence-corrected chi connectivity index (χ3v) is 2.82. The molecule has 0 radical (unpaired) electrons. The second-order valence-corrected chi connectivity index (χ2v) is 4.81. The lowest BCUT2D eigenvalue weighted by molar-refractivity contribution is 0.251. The average molecular weight is 272 g/mol. The Kier molecular flexibility index (Phi) is 4.35. The molecule has 0 atom stereocenters. The molecule has 4 heteroatoms. The van der Waals surface area contributed by atoms with E-state index in [0.717, 1.165) is 22.4 Å². The minimum atomic E-state index is -0.306. The van der Waals surface area contributed by atoms with E-state index < -0.39 is 0 Å². The molecule has 2 aromatic rings. The Morgan fingerprint density at radius 2 is 1.80 bits per heavy atom. The molecule has 2 aromatic carbocycles. The van der Waals surface area contributed by atoms with E-state index in [1.54, 1.807) is 12.1 Å². The van der Waals surface area contributed by atoms with Crippen molar-refractivity contribution in [1.82, 2.24) is 5.32 Å². The first kappa shape index (κ1) is 14.1. The van der Waals surface area contributed by atoms with Crippen molar-refractivity contribution in [1.29, 1.82) is 0 Å². The Morgan fingerprint density at radius 3 is 2.45 bits per heavy atom. The van der Waals surface area contributed by atoms with Crippen molar-refractivity contribution < 1.29 is 9.18 Å². The zero-order chi connectivity index (χ0) is 14.5. The van der Waals surface area contributed by atoms with Gasteiger partial charge in [-0.05, 0) is 54.8 Å². The highest BCUT2D eigenvalue weighted by molar-refractivity contribution is 5.89. The zero-order valence-electron chi connectivity index (χ0n) is 11.5. The van der Waals surface area contributed by atoms with Crippen LogP contribution in [-0.2, 0) is 6.54 Å². The molecule has 3 nitrogen and oxygen atoms in total. The van der Waals surface area contributed by atoms with E-state index in [9.17, 15) is 9.18 Å². The first-order valence-corrected chi connectivity index (χ1v) is 6.40. The SMILES string of the molecule is Cc1cc(C)cc(NC(=O)NCc2cccc(F)c2)c1. The fraction of sp³-hybridized carbons (Fsp3) is 0.188. The number of benzene rings is 2. The van der Waals surface area contributed by atoms with Crippen LogP contribution in [0.5, 0.6) is 0 Å². The molecular weight excluding hydrogens is 255 g/mol. The van der Waals surface area contributed by atoms with Crippen molar-refractivity contribution in [2.45, 2.75) is 20.4 Å². The van der Waals surface area contributed by atoms with Crippen molar-refractivity contribution in [3.8, 4) is 0 Å². The van der Waals surface area contributed by atoms with Gasteiger partial charge in [0.05, 0.1) is 0 Å². The topological polar surface area (TPSA) is 41.1 Å². The van der Waals surface area contributed by atoms with E-state index in [0.29, 0.717) is 0 Å². The summed E-state index contributed by atoms with van der Waals surface area (Å²) in [5.74, 6) is -0.306. The maximum absolute atomic E-state index is 13.0. The molecule has 2 amide bonds. The molecule has 0 aliphatic carbocycles. The number of hydrogen-bond acceptors (Lipinski definition) is 1. The lowest BCUT2D eigenvalue weighted by atomic mass is 10.1. The van der Waals surface area contributed by atoms with Gasteiger partial charge in [-0.1, -0.05) is 18.2 Å². The highest BCUT2D eigenvalue weighted by atomic mass is 19.1. The lowest BCUT2D eigenvalue weighted by Gasteiger charge is -2.09. The summed E-state index contributed by atoms with van der Waals surface area (Å²) in [5, 5.41) is 5.46. The summed E-state index contributed by atoms with van der Waals surface area (Å²) in [5.41, 5.74) is 3.65. The molecule has 0 aliphatic rings. The maximum Gasteiger partial charge on any atom is 0.319 e. The molecule has 0 bridgehead atoms. The molecule has 0 saturated heterocycles. The number of nitrogens with one attached hydrogen (secondary N) is 2. The van der Waals surface area contributed by atoms with Gasteiger partial charge in [0.25, 0.3) is 0 Å². The third kappa shape index (κ3) is 4.09. The van der Waals surface area contributed by atoms with E-state index in [4.69, 9.17) is 0 Å². The normalized spacial score (nSPS) is 10.2. The van der Waals surface area contributed by atoms with Crippen LogP contribution in [0, 0.1) is 19.7 Å². The molecule has 2 N–H and O–H groups in total. The monoisotopic (exact) mass is 272 g/mol. The van der Waals surface area contributed by atoms with Crippen LogP contribution in [0.4, 0.5) is 14.9 Å². The predicted octanol–water partition coefficient (Wildman–Crippen LogP) is 3.76. The van der Waals surface area contributed by atoms with Crippen LogP contribution < -0.4 is 10.6 Å². The average Bonchev–Trinajstić information content (AvgIpc) is 2.35. The predicted molar refractivity (Wildman–Crippen MR) is 78.2 cm³/mol. The number of rotatable bonds is 3. The van der Waals surface area contributed by atoms with Crippen molar-refractivity contribution in [2.75, 3.05) is 5.32 Å². The summed E-state index contributed by atoms with van der Waals surface area (Å²) in [6.45, 7) is 4.24. The molecule has 0 spiro atoms. The van der Waals surface area contributed by atoms with E-state index in [-0.39, 0.29) is 18.4 Å². The molecule has 0 fully saturated rings. The third-order valence-electron chi connectivity index (χ3n) is 2.82. The second-order valence-electron chi connectivity index (χ2n) is 4.81. The van der Waals surface area contributed by atoms with Crippen LogP contribution >= 0.6 is 0 Å². The summed E-state index contributed by atoms with van der Waals surface area (Å²) in [7, 11) is 0. The summed E-state index contributed by atoms with van der Waals surface area (Å²) in [6.07, 6.45) is 0. The molecular formula is C16H17FN2O. The van der Waals surface area contributed by atoms with Gasteiger partial charge in [-0.2, -0.15) is 0 Å². The first-order chi connectivity index (χ1) is 9.52. The van der Waals surface area contributed by atoms with Gasteiger partial charge in [-0.25, -0.2) is 9.18 Å². The number of urea groups is 1. The maximum atomic E-state index is 13.0. The van der Waals surface area contributed by atoms with Crippen LogP contribution in [0.3, 0.4) is 0 Å². The van der Waals surface area contributed by atoms with Crippen LogP contribution in [0.2, 0.25) is 0 Å². The molecule has 0 aromatic heterocycles. The molecule has 0 aliphatic heterocycles. The van der Waals surface area contributed by atoms with E-state index in [1.165, 1.54) is 12.1 Å². The Bertz CT molecular complexity index is 605. The summed E-state index contributed by atoms with van der Waals surface area (Å²) >= 11 is 0. The molecule has 0 unspecified atom stereocenters. The smallest absolute Gasteiger partial charge is 0.319 e. The second kappa shape index (κ2) is 6.19. The Labute approximate surface area is 117 Å². The number of aryl methyl sites for hydroxylation is 2. The van der Waals surface area contributed by atoms with Crippen LogP contribution in [-0.4, -0.2) is 6.03 Å². The summed E-state index contributed by atoms with van der Waals surface area (Å²) < 4.78 is 13.0. The number of anilines is 1. The molecule has 104 valence electrons. The Hall–Kier alpha value is -2.36. The van der Waals surface area contributed by atoms with Crippen LogP contribution in [0.1, 0.15) is 16.7 Å². The minimum absolute atomic E-state index is 0.286. The fourth-order valence-electron chi connectivity index (χ4n) is 2.05. The Balaban J connectivity index is 1.92. The number of carbonyl (C=O) groups excluding carboxylic acids is 1. The highest BCUT2D eigenvalue weighted by Crippen LogP contribution is 2.13. The summed E-state index contributed by atoms with van der Waals surface area (Å²) in [6, 6.07) is 11.7. The van der Waals surface area contributed by atoms with Gasteiger partial charge in [-0.3, -0.25) is 0 Å². The first-order valence-electron chi connectivity index (χ1n) is 6.40. The van der Waals surface area contributed by atoms with E-state index in [1.807, 2.05) is 32.0 Å². The van der Waals surface area contributed by atoms with Gasteiger partial charge in [0, 0.05) is 12.2 Å².